The van der Waals surface area contributed by atoms with Crippen molar-refractivity contribution in [3.05, 3.63) is 223 Å². The summed E-state index contributed by atoms with van der Waals surface area (Å²) in [6, 6.07) is 71.4. The molecular formula is C54H38N4. The smallest absolute Gasteiger partial charge is 0.148 e. The Bertz CT molecular complexity index is 3220. The van der Waals surface area contributed by atoms with Gasteiger partial charge in [-0.1, -0.05) is 182 Å². The number of aliphatic imine (C=N–C) groups is 1. The number of allylic oxidation sites excluding steroid dienone is 1. The fourth-order valence-corrected chi connectivity index (χ4v) is 8.88. The van der Waals surface area contributed by atoms with Gasteiger partial charge in [-0.2, -0.15) is 0 Å². The first-order valence-corrected chi connectivity index (χ1v) is 19.8. The molecule has 1 unspecified atom stereocenters. The molecule has 0 spiro atoms. The van der Waals surface area contributed by atoms with E-state index in [0.29, 0.717) is 0 Å². The summed E-state index contributed by atoms with van der Waals surface area (Å²) in [6.45, 7) is 0. The topological polar surface area (TPSA) is 33.4 Å². The molecule has 0 amide bonds. The Morgan fingerprint density at radius 1 is 0.448 bits per heavy atom. The average Bonchev–Trinajstić information content (AvgIpc) is 3.65. The van der Waals surface area contributed by atoms with E-state index in [-0.39, 0.29) is 6.17 Å². The second kappa shape index (κ2) is 13.9. The minimum Gasteiger partial charge on any atom is -0.349 e. The number of hydrogen-bond acceptors (Lipinski definition) is 3. The molecule has 1 atom stereocenters. The van der Waals surface area contributed by atoms with Crippen LogP contribution in [0.4, 0.5) is 0 Å². The molecule has 0 N–H and O–H groups in total. The number of hydrogen-bond donors (Lipinski definition) is 0. The van der Waals surface area contributed by atoms with Crippen molar-refractivity contribution in [3.8, 4) is 28.1 Å². The molecule has 274 valence electrons. The van der Waals surface area contributed by atoms with Gasteiger partial charge < -0.3 is 9.47 Å². The lowest BCUT2D eigenvalue weighted by Crippen LogP contribution is -2.27. The lowest BCUT2D eigenvalue weighted by Gasteiger charge is -2.34. The summed E-state index contributed by atoms with van der Waals surface area (Å²) in [5.74, 6) is 0. The van der Waals surface area contributed by atoms with Gasteiger partial charge in [-0.3, -0.25) is 4.99 Å². The molecule has 2 aromatic heterocycles. The van der Waals surface area contributed by atoms with Crippen LogP contribution in [0.5, 0.6) is 0 Å². The van der Waals surface area contributed by atoms with E-state index in [1.807, 2.05) is 0 Å². The van der Waals surface area contributed by atoms with Gasteiger partial charge in [-0.15, -0.1) is 0 Å². The Balaban J connectivity index is 1.12. The first kappa shape index (κ1) is 33.8. The van der Waals surface area contributed by atoms with Gasteiger partial charge in [0, 0.05) is 45.4 Å². The summed E-state index contributed by atoms with van der Waals surface area (Å²) >= 11 is 0. The van der Waals surface area contributed by atoms with Gasteiger partial charge in [0.25, 0.3) is 0 Å². The van der Waals surface area contributed by atoms with Crippen LogP contribution in [0.15, 0.2) is 211 Å². The third kappa shape index (κ3) is 5.53. The number of rotatable bonds is 6. The highest BCUT2D eigenvalue weighted by atomic mass is 15.2. The quantitative estimate of drug-likeness (QED) is 0.170. The zero-order chi connectivity index (χ0) is 38.6. The number of pyridine rings is 1. The molecule has 1 aliphatic heterocycles. The van der Waals surface area contributed by atoms with Crippen molar-refractivity contribution in [1.82, 2.24) is 14.5 Å². The third-order valence-corrected chi connectivity index (χ3v) is 11.6. The van der Waals surface area contributed by atoms with E-state index < -0.39 is 0 Å². The number of aromatic nitrogens is 2. The molecule has 3 heterocycles. The molecule has 0 fully saturated rings. The summed E-state index contributed by atoms with van der Waals surface area (Å²) in [5, 5.41) is 5.80. The first-order chi connectivity index (χ1) is 28.7. The van der Waals surface area contributed by atoms with Gasteiger partial charge >= 0.3 is 0 Å². The summed E-state index contributed by atoms with van der Waals surface area (Å²) in [6.07, 6.45) is 1.97. The second-order valence-corrected chi connectivity index (χ2v) is 15.0. The highest BCUT2D eigenvalue weighted by molar-refractivity contribution is 6.23. The van der Waals surface area contributed by atoms with E-state index >= 15 is 0 Å². The number of benzene rings is 8. The highest BCUT2D eigenvalue weighted by Gasteiger charge is 2.28. The summed E-state index contributed by atoms with van der Waals surface area (Å²) in [5.41, 5.74) is 14.4. The van der Waals surface area contributed by atoms with E-state index in [9.17, 15) is 0 Å². The molecule has 58 heavy (non-hydrogen) atoms. The molecule has 4 heteroatoms. The van der Waals surface area contributed by atoms with E-state index in [4.69, 9.17) is 9.98 Å². The van der Waals surface area contributed by atoms with Crippen molar-refractivity contribution in [1.29, 1.82) is 0 Å². The molecule has 4 nitrogen and oxygen atoms in total. The van der Waals surface area contributed by atoms with Crippen molar-refractivity contribution >= 4 is 54.9 Å². The maximum Gasteiger partial charge on any atom is 0.148 e. The van der Waals surface area contributed by atoms with Crippen molar-refractivity contribution in [2.24, 2.45) is 4.99 Å². The van der Waals surface area contributed by atoms with Crippen LogP contribution in [0.3, 0.4) is 0 Å². The lowest BCUT2D eigenvalue weighted by atomic mass is 9.96. The van der Waals surface area contributed by atoms with E-state index in [0.717, 1.165) is 77.8 Å². The summed E-state index contributed by atoms with van der Waals surface area (Å²) in [4.78, 5) is 13.2. The van der Waals surface area contributed by atoms with Gasteiger partial charge in [0.15, 0.2) is 0 Å². The SMILES string of the molecule is CN1C(c2ccc(-c3ccccc3)cc2)=CC(c2ccccc2)=NC1c1ccc(-n2c3ccccc3c3c(-c4ccccc4)nc4ccccc4c32)c2ccccc12. The third-order valence-electron chi connectivity index (χ3n) is 11.6. The molecular weight excluding hydrogens is 705 g/mol. The zero-order valence-corrected chi connectivity index (χ0v) is 32.0. The minimum absolute atomic E-state index is 0.268. The molecule has 11 rings (SSSR count). The molecule has 0 saturated carbocycles. The predicted octanol–water partition coefficient (Wildman–Crippen LogP) is 13.3. The minimum atomic E-state index is -0.268. The van der Waals surface area contributed by atoms with Crippen molar-refractivity contribution < 1.29 is 0 Å². The summed E-state index contributed by atoms with van der Waals surface area (Å²) < 4.78 is 2.47. The number of nitrogens with zero attached hydrogens (tertiary/aromatic N) is 4. The Labute approximate surface area is 337 Å². The van der Waals surface area contributed by atoms with Gasteiger partial charge in [-0.25, -0.2) is 4.98 Å². The maximum absolute atomic E-state index is 5.52. The molecule has 1 aliphatic rings. The summed E-state index contributed by atoms with van der Waals surface area (Å²) in [7, 11) is 2.17. The fourth-order valence-electron chi connectivity index (χ4n) is 8.88. The van der Waals surface area contributed by atoms with Gasteiger partial charge in [0.05, 0.1) is 33.6 Å². The van der Waals surface area contributed by atoms with E-state index in [1.54, 1.807) is 0 Å². The predicted molar refractivity (Wildman–Crippen MR) is 242 cm³/mol. The van der Waals surface area contributed by atoms with Crippen LogP contribution in [0.2, 0.25) is 0 Å². The van der Waals surface area contributed by atoms with Crippen molar-refractivity contribution in [3.63, 3.8) is 0 Å². The van der Waals surface area contributed by atoms with Gasteiger partial charge in [0.1, 0.15) is 6.17 Å². The van der Waals surface area contributed by atoms with Gasteiger partial charge in [0.2, 0.25) is 0 Å². The number of fused-ring (bicyclic) bond motifs is 6. The molecule has 10 aromatic rings. The van der Waals surface area contributed by atoms with E-state index in [2.05, 4.69) is 223 Å². The van der Waals surface area contributed by atoms with Crippen LogP contribution < -0.4 is 0 Å². The Hall–Kier alpha value is -7.56. The lowest BCUT2D eigenvalue weighted by molar-refractivity contribution is 0.366. The van der Waals surface area contributed by atoms with Crippen LogP contribution in [-0.4, -0.2) is 27.2 Å². The van der Waals surface area contributed by atoms with Crippen molar-refractivity contribution in [2.45, 2.75) is 6.17 Å². The maximum atomic E-state index is 5.52. The molecule has 0 aliphatic carbocycles. The Morgan fingerprint density at radius 2 is 1.00 bits per heavy atom. The number of para-hydroxylation sites is 2. The molecule has 0 bridgehead atoms. The monoisotopic (exact) mass is 742 g/mol. The van der Waals surface area contributed by atoms with Gasteiger partial charge in [-0.05, 0) is 51.9 Å². The van der Waals surface area contributed by atoms with Crippen LogP contribution in [0.25, 0.3) is 77.2 Å². The first-order valence-electron chi connectivity index (χ1n) is 19.8. The van der Waals surface area contributed by atoms with Crippen molar-refractivity contribution in [2.75, 3.05) is 7.05 Å². The normalized spacial score (nSPS) is 14.3. The fraction of sp³-hybridized carbons (Fsp3) is 0.0370. The standard InChI is InChI=1S/C54H38N4/c1-57-50(39-31-29-37(30-32-39)36-17-5-2-6-18-36)35-47(38-19-7-3-8-20-38)56-54(57)43-33-34-49(42-24-12-11-23-41(42)43)58-48-28-16-14-26-45(48)51-52(40-21-9-4-10-22-40)55-46-27-15-13-25-44(46)53(51)58/h2-35,54H,1H3. The van der Waals surface area contributed by atoms with Crippen LogP contribution in [-0.2, 0) is 0 Å². The second-order valence-electron chi connectivity index (χ2n) is 15.0. The largest absolute Gasteiger partial charge is 0.349 e. The average molecular weight is 743 g/mol. The Morgan fingerprint density at radius 3 is 1.72 bits per heavy atom. The molecule has 0 saturated heterocycles. The zero-order valence-electron chi connectivity index (χ0n) is 32.0. The Kier molecular flexibility index (Phi) is 8.07. The van der Waals surface area contributed by atoms with Crippen LogP contribution in [0, 0.1) is 0 Å². The van der Waals surface area contributed by atoms with Crippen LogP contribution in [0.1, 0.15) is 22.9 Å². The highest BCUT2D eigenvalue weighted by Crippen LogP contribution is 2.44. The van der Waals surface area contributed by atoms with E-state index in [1.165, 1.54) is 21.9 Å². The van der Waals surface area contributed by atoms with Crippen LogP contribution >= 0.6 is 0 Å². The molecule has 0 radical (unpaired) electrons. The molecule has 8 aromatic carbocycles.